The van der Waals surface area contributed by atoms with Gasteiger partial charge in [-0.2, -0.15) is 11.8 Å². The van der Waals surface area contributed by atoms with Gasteiger partial charge in [0.2, 0.25) is 0 Å². The Balaban J connectivity index is 2.25. The van der Waals surface area contributed by atoms with Crippen molar-refractivity contribution in [1.29, 1.82) is 0 Å². The molecule has 0 unspecified atom stereocenters. The molecule has 0 radical (unpaired) electrons. The number of carboxylic acid groups (broad SMARTS) is 1. The molecule has 0 saturated carbocycles. The van der Waals surface area contributed by atoms with E-state index >= 15 is 0 Å². The first-order valence-electron chi connectivity index (χ1n) is 6.17. The van der Waals surface area contributed by atoms with Gasteiger partial charge < -0.3 is 10.4 Å². The number of anilines is 1. The third kappa shape index (κ3) is 5.40. The zero-order chi connectivity index (χ0) is 13.2. The molecule has 4 nitrogen and oxygen atoms in total. The van der Waals surface area contributed by atoms with E-state index in [4.69, 9.17) is 5.11 Å². The van der Waals surface area contributed by atoms with Crippen LogP contribution in [0.25, 0.3) is 0 Å². The van der Waals surface area contributed by atoms with Crippen molar-refractivity contribution in [1.82, 2.24) is 4.98 Å². The highest BCUT2D eigenvalue weighted by atomic mass is 32.2. The fraction of sp³-hybridized carbons (Fsp3) is 0.538. The van der Waals surface area contributed by atoms with Gasteiger partial charge in [-0.05, 0) is 37.0 Å². The van der Waals surface area contributed by atoms with Gasteiger partial charge in [0.25, 0.3) is 0 Å². The molecule has 0 bridgehead atoms. The summed E-state index contributed by atoms with van der Waals surface area (Å²) in [6, 6.07) is 3.20. The summed E-state index contributed by atoms with van der Waals surface area (Å²) in [4.78, 5) is 15.0. The van der Waals surface area contributed by atoms with E-state index in [0.29, 0.717) is 5.82 Å². The number of nitrogens with one attached hydrogen (secondary N) is 1. The van der Waals surface area contributed by atoms with Crippen molar-refractivity contribution in [2.24, 2.45) is 0 Å². The zero-order valence-electron chi connectivity index (χ0n) is 10.7. The average molecular weight is 268 g/mol. The van der Waals surface area contributed by atoms with Crippen LogP contribution in [-0.4, -0.2) is 34.6 Å². The van der Waals surface area contributed by atoms with Crippen molar-refractivity contribution in [2.75, 3.05) is 23.9 Å². The van der Waals surface area contributed by atoms with Crippen LogP contribution in [0.2, 0.25) is 0 Å². The van der Waals surface area contributed by atoms with Crippen LogP contribution in [0.15, 0.2) is 18.3 Å². The third-order valence-corrected chi connectivity index (χ3v) is 3.30. The lowest BCUT2D eigenvalue weighted by Gasteiger charge is -2.07. The molecule has 0 aliphatic heterocycles. The molecule has 18 heavy (non-hydrogen) atoms. The number of carbonyl (C=O) groups is 1. The fourth-order valence-corrected chi connectivity index (χ4v) is 2.14. The third-order valence-electron chi connectivity index (χ3n) is 2.61. The topological polar surface area (TPSA) is 62.2 Å². The molecule has 0 amide bonds. The normalized spacial score (nSPS) is 10.3. The van der Waals surface area contributed by atoms with Gasteiger partial charge in [0.15, 0.2) is 0 Å². The number of hydrogen-bond acceptors (Lipinski definition) is 4. The van der Waals surface area contributed by atoms with Crippen molar-refractivity contribution < 1.29 is 9.90 Å². The standard InChI is InChI=1S/C13H20N2O2S/c1-18-10-5-3-2-4-8-14-12-11(13(16)17)7-6-9-15-12/h6-7,9H,2-5,8,10H2,1H3,(H,14,15)(H,16,17). The Morgan fingerprint density at radius 2 is 2.17 bits per heavy atom. The van der Waals surface area contributed by atoms with Crippen LogP contribution in [0, 0.1) is 0 Å². The molecule has 5 heteroatoms. The highest BCUT2D eigenvalue weighted by Crippen LogP contribution is 2.11. The van der Waals surface area contributed by atoms with Gasteiger partial charge in [0.1, 0.15) is 11.4 Å². The molecule has 0 spiro atoms. The Labute approximate surface area is 112 Å². The summed E-state index contributed by atoms with van der Waals surface area (Å²) in [5.41, 5.74) is 0.236. The van der Waals surface area contributed by atoms with Crippen LogP contribution in [0.3, 0.4) is 0 Å². The molecular formula is C13H20N2O2S. The molecule has 0 aliphatic rings. The number of pyridine rings is 1. The van der Waals surface area contributed by atoms with Crippen LogP contribution in [-0.2, 0) is 0 Å². The van der Waals surface area contributed by atoms with Gasteiger partial charge in [0, 0.05) is 12.7 Å². The molecule has 0 saturated heterocycles. The predicted octanol–water partition coefficient (Wildman–Crippen LogP) is 3.12. The monoisotopic (exact) mass is 268 g/mol. The van der Waals surface area contributed by atoms with E-state index in [0.717, 1.165) is 13.0 Å². The molecular weight excluding hydrogens is 248 g/mol. The Kier molecular flexibility index (Phi) is 7.25. The lowest BCUT2D eigenvalue weighted by Crippen LogP contribution is -2.09. The summed E-state index contributed by atoms with van der Waals surface area (Å²) in [6.45, 7) is 0.774. The molecule has 1 aromatic heterocycles. The predicted molar refractivity (Wildman–Crippen MR) is 76.5 cm³/mol. The maximum Gasteiger partial charge on any atom is 0.339 e. The summed E-state index contributed by atoms with van der Waals surface area (Å²) < 4.78 is 0. The lowest BCUT2D eigenvalue weighted by molar-refractivity contribution is 0.0697. The second-order valence-electron chi connectivity index (χ2n) is 4.04. The maximum atomic E-state index is 10.9. The van der Waals surface area contributed by atoms with E-state index in [1.54, 1.807) is 18.3 Å². The fourth-order valence-electron chi connectivity index (χ4n) is 1.65. The number of thioether (sulfide) groups is 1. The van der Waals surface area contributed by atoms with Crippen LogP contribution in [0.5, 0.6) is 0 Å². The Morgan fingerprint density at radius 3 is 2.89 bits per heavy atom. The van der Waals surface area contributed by atoms with E-state index in [1.165, 1.54) is 25.0 Å². The quantitative estimate of drug-likeness (QED) is 0.674. The molecule has 1 heterocycles. The molecule has 100 valence electrons. The van der Waals surface area contributed by atoms with Gasteiger partial charge in [0.05, 0.1) is 0 Å². The highest BCUT2D eigenvalue weighted by Gasteiger charge is 2.09. The zero-order valence-corrected chi connectivity index (χ0v) is 11.5. The second-order valence-corrected chi connectivity index (χ2v) is 5.02. The number of hydrogen-bond donors (Lipinski definition) is 2. The summed E-state index contributed by atoms with van der Waals surface area (Å²) in [5.74, 6) is 0.747. The number of unbranched alkanes of at least 4 members (excludes halogenated alkanes) is 3. The summed E-state index contributed by atoms with van der Waals surface area (Å²) in [5, 5.41) is 12.1. The molecule has 0 atom stereocenters. The number of rotatable bonds is 9. The van der Waals surface area contributed by atoms with Crippen molar-refractivity contribution >= 4 is 23.5 Å². The minimum atomic E-state index is -0.939. The van der Waals surface area contributed by atoms with Gasteiger partial charge in [-0.3, -0.25) is 0 Å². The van der Waals surface area contributed by atoms with Crippen molar-refractivity contribution in [3.05, 3.63) is 23.9 Å². The first-order valence-corrected chi connectivity index (χ1v) is 7.56. The molecule has 2 N–H and O–H groups in total. The number of nitrogens with zero attached hydrogens (tertiary/aromatic N) is 1. The minimum Gasteiger partial charge on any atom is -0.478 e. The van der Waals surface area contributed by atoms with E-state index in [1.807, 2.05) is 11.8 Å². The molecule has 0 fully saturated rings. The Hall–Kier alpha value is -1.23. The second kappa shape index (κ2) is 8.80. The maximum absolute atomic E-state index is 10.9. The summed E-state index contributed by atoms with van der Waals surface area (Å²) in [6.07, 6.45) is 8.43. The van der Waals surface area contributed by atoms with Gasteiger partial charge in [-0.1, -0.05) is 12.8 Å². The number of aromatic carboxylic acids is 1. The van der Waals surface area contributed by atoms with Crippen LogP contribution in [0.1, 0.15) is 36.0 Å². The van der Waals surface area contributed by atoms with Gasteiger partial charge in [-0.25, -0.2) is 9.78 Å². The first kappa shape index (κ1) is 14.8. The van der Waals surface area contributed by atoms with Crippen LogP contribution < -0.4 is 5.32 Å². The molecule has 0 aromatic carbocycles. The number of carboxylic acids is 1. The molecule has 1 rings (SSSR count). The first-order chi connectivity index (χ1) is 8.75. The SMILES string of the molecule is CSCCCCCCNc1ncccc1C(=O)O. The van der Waals surface area contributed by atoms with E-state index < -0.39 is 5.97 Å². The molecule has 1 aromatic rings. The van der Waals surface area contributed by atoms with Crippen LogP contribution in [0.4, 0.5) is 5.82 Å². The van der Waals surface area contributed by atoms with E-state index in [-0.39, 0.29) is 5.56 Å². The van der Waals surface area contributed by atoms with Crippen molar-refractivity contribution in [2.45, 2.75) is 25.7 Å². The summed E-state index contributed by atoms with van der Waals surface area (Å²) in [7, 11) is 0. The Bertz CT molecular complexity index is 372. The van der Waals surface area contributed by atoms with Gasteiger partial charge >= 0.3 is 5.97 Å². The largest absolute Gasteiger partial charge is 0.478 e. The number of aromatic nitrogens is 1. The lowest BCUT2D eigenvalue weighted by atomic mass is 10.2. The van der Waals surface area contributed by atoms with E-state index in [2.05, 4.69) is 16.6 Å². The smallest absolute Gasteiger partial charge is 0.339 e. The van der Waals surface area contributed by atoms with Crippen LogP contribution >= 0.6 is 11.8 Å². The average Bonchev–Trinajstić information content (AvgIpc) is 2.38. The van der Waals surface area contributed by atoms with E-state index in [9.17, 15) is 4.79 Å². The highest BCUT2D eigenvalue weighted by molar-refractivity contribution is 7.98. The minimum absolute atomic E-state index is 0.236. The van der Waals surface area contributed by atoms with Crippen molar-refractivity contribution in [3.63, 3.8) is 0 Å². The summed E-state index contributed by atoms with van der Waals surface area (Å²) >= 11 is 1.88. The van der Waals surface area contributed by atoms with Gasteiger partial charge in [-0.15, -0.1) is 0 Å². The van der Waals surface area contributed by atoms with Crippen molar-refractivity contribution in [3.8, 4) is 0 Å². The Morgan fingerprint density at radius 1 is 1.39 bits per heavy atom. The molecule has 0 aliphatic carbocycles.